The van der Waals surface area contributed by atoms with Gasteiger partial charge in [-0.2, -0.15) is 4.73 Å². The summed E-state index contributed by atoms with van der Waals surface area (Å²) in [6.45, 7) is 0. The van der Waals surface area contributed by atoms with Gasteiger partial charge in [0.1, 0.15) is 5.52 Å². The summed E-state index contributed by atoms with van der Waals surface area (Å²) in [5, 5.41) is 26.6. The molecule has 106 valence electrons. The maximum absolute atomic E-state index is 12.4. The summed E-state index contributed by atoms with van der Waals surface area (Å²) in [5.74, 6) is 0. The van der Waals surface area contributed by atoms with Crippen LogP contribution in [0.25, 0.3) is 33.1 Å². The van der Waals surface area contributed by atoms with E-state index < -0.39 is 0 Å². The van der Waals surface area contributed by atoms with Crippen LogP contribution < -0.4 is 9.46 Å². The Bertz CT molecular complexity index is 1010. The van der Waals surface area contributed by atoms with Crippen molar-refractivity contribution in [2.24, 2.45) is 0 Å². The molecule has 0 fully saturated rings. The molecule has 0 amide bonds. The van der Waals surface area contributed by atoms with Gasteiger partial charge in [-0.3, -0.25) is 0 Å². The van der Waals surface area contributed by atoms with Gasteiger partial charge in [0.2, 0.25) is 0 Å². The zero-order chi connectivity index (χ0) is 15.1. The molecule has 0 N–H and O–H groups in total. The van der Waals surface area contributed by atoms with E-state index in [0.717, 1.165) is 15.5 Å². The molecule has 5 heteroatoms. The highest BCUT2D eigenvalue weighted by molar-refractivity contribution is 5.99. The van der Waals surface area contributed by atoms with Crippen LogP contribution in [0, 0.1) is 10.4 Å². The molecule has 2 aromatic carbocycles. The minimum absolute atomic E-state index is 0.454. The van der Waals surface area contributed by atoms with Crippen molar-refractivity contribution < 1.29 is 9.46 Å². The SMILES string of the molecule is [O-][n+]1ccc2ccccc2c1-c1nc[n+]([O-])c2ccccc12. The van der Waals surface area contributed by atoms with Gasteiger partial charge in [-0.05, 0) is 28.6 Å². The zero-order valence-corrected chi connectivity index (χ0v) is 11.5. The molecule has 0 radical (unpaired) electrons. The van der Waals surface area contributed by atoms with Crippen LogP contribution in [0.3, 0.4) is 0 Å². The maximum atomic E-state index is 12.4. The Hall–Kier alpha value is -3.21. The smallest absolute Gasteiger partial charge is 0.290 e. The molecule has 0 atom stereocenters. The van der Waals surface area contributed by atoms with E-state index in [-0.39, 0.29) is 0 Å². The summed E-state index contributed by atoms with van der Waals surface area (Å²) in [7, 11) is 0. The highest BCUT2D eigenvalue weighted by Crippen LogP contribution is 2.28. The third-order valence-electron chi connectivity index (χ3n) is 3.74. The second-order valence-corrected chi connectivity index (χ2v) is 5.01. The molecule has 2 aromatic heterocycles. The summed E-state index contributed by atoms with van der Waals surface area (Å²) < 4.78 is 1.51. The van der Waals surface area contributed by atoms with Gasteiger partial charge in [-0.25, -0.2) is 4.73 Å². The van der Waals surface area contributed by atoms with Crippen molar-refractivity contribution in [1.29, 1.82) is 0 Å². The van der Waals surface area contributed by atoms with Gasteiger partial charge in [0.05, 0.1) is 10.8 Å². The summed E-state index contributed by atoms with van der Waals surface area (Å²) in [6.07, 6.45) is 2.66. The van der Waals surface area contributed by atoms with Crippen molar-refractivity contribution in [2.75, 3.05) is 0 Å². The van der Waals surface area contributed by atoms with E-state index in [1.807, 2.05) is 30.3 Å². The van der Waals surface area contributed by atoms with E-state index >= 15 is 0 Å². The number of para-hydroxylation sites is 1. The van der Waals surface area contributed by atoms with E-state index in [1.165, 1.54) is 12.5 Å². The lowest BCUT2D eigenvalue weighted by molar-refractivity contribution is -0.593. The number of aromatic nitrogens is 3. The van der Waals surface area contributed by atoms with E-state index in [9.17, 15) is 10.4 Å². The molecule has 0 bridgehead atoms. The summed E-state index contributed by atoms with van der Waals surface area (Å²) in [5.41, 5.74) is 1.45. The molecule has 0 unspecified atom stereocenters. The first-order valence-corrected chi connectivity index (χ1v) is 6.84. The predicted octanol–water partition coefficient (Wildman–Crippen LogP) is 2.32. The number of fused-ring (bicyclic) bond motifs is 2. The normalized spacial score (nSPS) is 11.1. The summed E-state index contributed by atoms with van der Waals surface area (Å²) in [6, 6.07) is 16.5. The molecule has 0 aliphatic carbocycles. The first kappa shape index (κ1) is 12.5. The number of benzene rings is 2. The van der Waals surface area contributed by atoms with Gasteiger partial charge < -0.3 is 10.4 Å². The number of pyridine rings is 1. The molecule has 0 spiro atoms. The zero-order valence-electron chi connectivity index (χ0n) is 11.5. The summed E-state index contributed by atoms with van der Waals surface area (Å²) in [4.78, 5) is 4.22. The van der Waals surface area contributed by atoms with Crippen molar-refractivity contribution in [2.45, 2.75) is 0 Å². The molecule has 4 rings (SSSR count). The minimum Gasteiger partial charge on any atom is -0.710 e. The van der Waals surface area contributed by atoms with Crippen LogP contribution in [0.1, 0.15) is 0 Å². The number of nitrogens with zero attached hydrogens (tertiary/aromatic N) is 3. The predicted molar refractivity (Wildman–Crippen MR) is 82.6 cm³/mol. The standard InChI is InChI=1S/C17H11N3O2/c21-19-10-9-12-5-1-2-6-13(12)17(19)16-14-7-3-4-8-15(14)20(22)11-18-16/h1-11H. The van der Waals surface area contributed by atoms with Crippen molar-refractivity contribution >= 4 is 21.7 Å². The molecule has 22 heavy (non-hydrogen) atoms. The monoisotopic (exact) mass is 289 g/mol. The van der Waals surface area contributed by atoms with Crippen LogP contribution in [-0.4, -0.2) is 4.98 Å². The van der Waals surface area contributed by atoms with Crippen LogP contribution in [0.15, 0.2) is 67.1 Å². The molecule has 0 aliphatic rings. The Balaban J connectivity index is 2.17. The Morgan fingerprint density at radius 2 is 1.50 bits per heavy atom. The fourth-order valence-electron chi connectivity index (χ4n) is 2.73. The molecule has 5 nitrogen and oxygen atoms in total. The highest BCUT2D eigenvalue weighted by atomic mass is 16.5. The number of rotatable bonds is 1. The fourth-order valence-corrected chi connectivity index (χ4v) is 2.73. The van der Waals surface area contributed by atoms with Crippen LogP contribution >= 0.6 is 0 Å². The molecule has 0 aliphatic heterocycles. The van der Waals surface area contributed by atoms with Gasteiger partial charge in [0, 0.05) is 6.07 Å². The fraction of sp³-hybridized carbons (Fsp3) is 0. The average Bonchev–Trinajstić information content (AvgIpc) is 2.56. The van der Waals surface area contributed by atoms with Crippen LogP contribution in [-0.2, 0) is 0 Å². The van der Waals surface area contributed by atoms with Gasteiger partial charge in [0.25, 0.3) is 17.7 Å². The molecule has 0 saturated carbocycles. The number of hydrogen-bond acceptors (Lipinski definition) is 3. The Labute approximate surface area is 125 Å². The Kier molecular flexibility index (Phi) is 2.66. The lowest BCUT2D eigenvalue weighted by Crippen LogP contribution is -2.31. The van der Waals surface area contributed by atoms with Crippen LogP contribution in [0.5, 0.6) is 0 Å². The van der Waals surface area contributed by atoms with Gasteiger partial charge >= 0.3 is 0 Å². The third kappa shape index (κ3) is 1.76. The lowest BCUT2D eigenvalue weighted by Gasteiger charge is -2.09. The molecular weight excluding hydrogens is 278 g/mol. The van der Waals surface area contributed by atoms with E-state index in [1.54, 1.807) is 24.3 Å². The van der Waals surface area contributed by atoms with Gasteiger partial charge in [-0.15, -0.1) is 0 Å². The molecule has 0 saturated heterocycles. The van der Waals surface area contributed by atoms with Gasteiger partial charge in [-0.1, -0.05) is 30.3 Å². The van der Waals surface area contributed by atoms with E-state index in [2.05, 4.69) is 4.98 Å². The topological polar surface area (TPSA) is 66.8 Å². The van der Waals surface area contributed by atoms with Crippen molar-refractivity contribution in [3.8, 4) is 11.4 Å². The second kappa shape index (κ2) is 4.66. The molecule has 4 aromatic rings. The summed E-state index contributed by atoms with van der Waals surface area (Å²) >= 11 is 0. The van der Waals surface area contributed by atoms with Crippen molar-refractivity contribution in [3.05, 3.63) is 77.5 Å². The largest absolute Gasteiger partial charge is 0.710 e. The lowest BCUT2D eigenvalue weighted by atomic mass is 10.0. The first-order valence-electron chi connectivity index (χ1n) is 6.84. The second-order valence-electron chi connectivity index (χ2n) is 5.01. The van der Waals surface area contributed by atoms with Crippen molar-refractivity contribution in [1.82, 2.24) is 4.98 Å². The van der Waals surface area contributed by atoms with Crippen molar-refractivity contribution in [3.63, 3.8) is 0 Å². The maximum Gasteiger partial charge on any atom is 0.290 e. The third-order valence-corrected chi connectivity index (χ3v) is 3.74. The quantitative estimate of drug-likeness (QED) is 0.399. The van der Waals surface area contributed by atoms with E-state index in [4.69, 9.17) is 0 Å². The number of hydrogen-bond donors (Lipinski definition) is 0. The average molecular weight is 289 g/mol. The minimum atomic E-state index is 0.454. The van der Waals surface area contributed by atoms with Crippen LogP contribution in [0.2, 0.25) is 0 Å². The first-order chi connectivity index (χ1) is 10.8. The Morgan fingerprint density at radius 1 is 0.773 bits per heavy atom. The Morgan fingerprint density at radius 3 is 2.36 bits per heavy atom. The molecule has 2 heterocycles. The van der Waals surface area contributed by atoms with Crippen LogP contribution in [0.4, 0.5) is 0 Å². The van der Waals surface area contributed by atoms with Gasteiger partial charge in [0.15, 0.2) is 6.20 Å². The molecular formula is C17H11N3O2. The highest BCUT2D eigenvalue weighted by Gasteiger charge is 2.23. The van der Waals surface area contributed by atoms with E-state index in [0.29, 0.717) is 27.0 Å².